The molecule has 1 nitrogen and oxygen atoms in total. The predicted molar refractivity (Wildman–Crippen MR) is 61.0 cm³/mol. The second-order valence-corrected chi connectivity index (χ2v) is 4.43. The highest BCUT2D eigenvalue weighted by Crippen LogP contribution is 2.26. The molecule has 4 heteroatoms. The lowest BCUT2D eigenvalue weighted by molar-refractivity contribution is 0.616. The molecule has 11 heavy (non-hydrogen) atoms. The Bertz CT molecular complexity index is 273. The number of nitrogen functional groups attached to an aromatic ring is 1. The summed E-state index contributed by atoms with van der Waals surface area (Å²) in [6, 6.07) is 1.45. The summed E-state index contributed by atoms with van der Waals surface area (Å²) in [5.41, 5.74) is 6.97. The van der Waals surface area contributed by atoms with Crippen LogP contribution in [0.5, 0.6) is 0 Å². The summed E-state index contributed by atoms with van der Waals surface area (Å²) in [6.07, 6.45) is 0. The first-order chi connectivity index (χ1) is 5.04. The Balaban J connectivity index is 3.46. The van der Waals surface area contributed by atoms with Crippen LogP contribution in [0.1, 0.15) is 5.56 Å². The normalized spacial score (nSPS) is 10.2. The third kappa shape index (κ3) is 1.77. The molecule has 0 aliphatic carbocycles. The van der Waals surface area contributed by atoms with Crippen molar-refractivity contribution in [3.05, 3.63) is 24.6 Å². The molecule has 0 heterocycles. The molecule has 0 aromatic heterocycles. The molecule has 0 saturated carbocycles. The number of hydrogen-bond donors (Lipinski definition) is 1. The van der Waals surface area contributed by atoms with E-state index in [1.165, 1.54) is 6.07 Å². The Labute approximate surface area is 91.8 Å². The van der Waals surface area contributed by atoms with E-state index in [4.69, 9.17) is 5.73 Å². The highest BCUT2D eigenvalue weighted by atomic mass is 127. The minimum Gasteiger partial charge on any atom is -0.397 e. The van der Waals surface area contributed by atoms with Gasteiger partial charge in [-0.25, -0.2) is 4.39 Å². The quantitative estimate of drug-likeness (QED) is 0.547. The van der Waals surface area contributed by atoms with Gasteiger partial charge in [-0.2, -0.15) is 0 Å². The van der Waals surface area contributed by atoms with Crippen LogP contribution in [0.4, 0.5) is 10.1 Å². The Kier molecular flexibility index (Phi) is 2.96. The fourth-order valence-corrected chi connectivity index (χ4v) is 2.32. The first-order valence-electron chi connectivity index (χ1n) is 2.93. The van der Waals surface area contributed by atoms with Gasteiger partial charge in [0.05, 0.1) is 5.69 Å². The third-order valence-electron chi connectivity index (χ3n) is 1.43. The van der Waals surface area contributed by atoms with E-state index in [2.05, 4.69) is 22.6 Å². The van der Waals surface area contributed by atoms with Gasteiger partial charge >= 0.3 is 0 Å². The van der Waals surface area contributed by atoms with Gasteiger partial charge in [-0.15, -0.1) is 0 Å². The zero-order chi connectivity index (χ0) is 8.59. The number of anilines is 1. The van der Waals surface area contributed by atoms with Crippen LogP contribution in [0.25, 0.3) is 0 Å². The van der Waals surface area contributed by atoms with Crippen LogP contribution in [0, 0.1) is 19.9 Å². The third-order valence-corrected chi connectivity index (χ3v) is 3.72. The van der Waals surface area contributed by atoms with Crippen LogP contribution in [0.3, 0.4) is 0 Å². The summed E-state index contributed by atoms with van der Waals surface area (Å²) in [5.74, 6) is -0.187. The molecule has 2 N–H and O–H groups in total. The minimum absolute atomic E-state index is 0.187. The van der Waals surface area contributed by atoms with Crippen molar-refractivity contribution in [2.24, 2.45) is 0 Å². The molecular weight excluding hydrogens is 371 g/mol. The number of nitrogens with two attached hydrogens (primary N) is 1. The molecule has 0 bridgehead atoms. The highest BCUT2D eigenvalue weighted by molar-refractivity contribution is 14.1. The molecular formula is C7H6FI2N. The molecule has 1 aromatic carbocycles. The molecule has 0 radical (unpaired) electrons. The Morgan fingerprint density at radius 2 is 2.00 bits per heavy atom. The van der Waals surface area contributed by atoms with Gasteiger partial charge in [0.1, 0.15) is 5.82 Å². The molecule has 0 aliphatic heterocycles. The fourth-order valence-electron chi connectivity index (χ4n) is 0.709. The average molecular weight is 377 g/mol. The molecule has 60 valence electrons. The van der Waals surface area contributed by atoms with E-state index < -0.39 is 0 Å². The van der Waals surface area contributed by atoms with Gasteiger partial charge in [0.2, 0.25) is 0 Å². The second-order valence-electron chi connectivity index (χ2n) is 2.19. The SMILES string of the molecule is Cc1c(F)cc(I)c(N)c1I. The number of rotatable bonds is 0. The Morgan fingerprint density at radius 3 is 2.55 bits per heavy atom. The number of hydrogen-bond acceptors (Lipinski definition) is 1. The van der Waals surface area contributed by atoms with Crippen molar-refractivity contribution in [2.75, 3.05) is 5.73 Å². The Hall–Kier alpha value is 0.410. The van der Waals surface area contributed by atoms with Crippen LogP contribution < -0.4 is 5.73 Å². The van der Waals surface area contributed by atoms with Crippen molar-refractivity contribution < 1.29 is 4.39 Å². The van der Waals surface area contributed by atoms with E-state index in [-0.39, 0.29) is 5.82 Å². The van der Waals surface area contributed by atoms with Crippen molar-refractivity contribution in [3.63, 3.8) is 0 Å². The Morgan fingerprint density at radius 1 is 1.45 bits per heavy atom. The summed E-state index contributed by atoms with van der Waals surface area (Å²) in [6.45, 7) is 1.73. The number of benzene rings is 1. The lowest BCUT2D eigenvalue weighted by Crippen LogP contribution is -1.98. The monoisotopic (exact) mass is 377 g/mol. The highest BCUT2D eigenvalue weighted by Gasteiger charge is 2.08. The molecule has 0 atom stereocenters. The van der Waals surface area contributed by atoms with Crippen molar-refractivity contribution in [3.8, 4) is 0 Å². The largest absolute Gasteiger partial charge is 0.397 e. The van der Waals surface area contributed by atoms with E-state index in [1.807, 2.05) is 22.6 Å². The summed E-state index contributed by atoms with van der Waals surface area (Å²) >= 11 is 4.07. The second kappa shape index (κ2) is 3.42. The van der Waals surface area contributed by atoms with Gasteiger partial charge in [0.25, 0.3) is 0 Å². The van der Waals surface area contributed by atoms with Crippen molar-refractivity contribution >= 4 is 50.9 Å². The van der Waals surface area contributed by atoms with Gasteiger partial charge in [0.15, 0.2) is 0 Å². The average Bonchev–Trinajstić information content (AvgIpc) is 1.97. The molecule has 1 rings (SSSR count). The summed E-state index contributed by atoms with van der Waals surface area (Å²) < 4.78 is 14.5. The molecule has 0 spiro atoms. The van der Waals surface area contributed by atoms with Gasteiger partial charge in [-0.1, -0.05) is 0 Å². The van der Waals surface area contributed by atoms with E-state index in [9.17, 15) is 4.39 Å². The van der Waals surface area contributed by atoms with E-state index in [0.29, 0.717) is 11.3 Å². The van der Waals surface area contributed by atoms with Crippen LogP contribution >= 0.6 is 45.2 Å². The molecule has 0 unspecified atom stereocenters. The maximum absolute atomic E-state index is 13.0. The smallest absolute Gasteiger partial charge is 0.128 e. The van der Waals surface area contributed by atoms with Gasteiger partial charge in [-0.05, 0) is 58.2 Å². The van der Waals surface area contributed by atoms with Crippen molar-refractivity contribution in [2.45, 2.75) is 6.92 Å². The lowest BCUT2D eigenvalue weighted by atomic mass is 10.2. The van der Waals surface area contributed by atoms with Crippen molar-refractivity contribution in [1.82, 2.24) is 0 Å². The van der Waals surface area contributed by atoms with E-state index in [0.717, 1.165) is 7.14 Å². The van der Waals surface area contributed by atoms with Crippen LogP contribution in [0.2, 0.25) is 0 Å². The van der Waals surface area contributed by atoms with E-state index in [1.54, 1.807) is 6.92 Å². The first kappa shape index (κ1) is 9.50. The molecule has 0 amide bonds. The maximum Gasteiger partial charge on any atom is 0.128 e. The summed E-state index contributed by atoms with van der Waals surface area (Å²) in [4.78, 5) is 0. The van der Waals surface area contributed by atoms with Crippen molar-refractivity contribution in [1.29, 1.82) is 0 Å². The molecule has 1 aromatic rings. The molecule has 0 fully saturated rings. The fraction of sp³-hybridized carbons (Fsp3) is 0.143. The standard InChI is InChI=1S/C7H6FI2N/c1-3-4(8)2-5(9)7(11)6(3)10/h2H,11H2,1H3. The zero-order valence-corrected chi connectivity index (χ0v) is 10.1. The predicted octanol–water partition coefficient (Wildman–Crippen LogP) is 2.93. The maximum atomic E-state index is 13.0. The topological polar surface area (TPSA) is 26.0 Å². The summed E-state index contributed by atoms with van der Waals surface area (Å²) in [5, 5.41) is 0. The van der Waals surface area contributed by atoms with E-state index >= 15 is 0 Å². The summed E-state index contributed by atoms with van der Waals surface area (Å²) in [7, 11) is 0. The zero-order valence-electron chi connectivity index (χ0n) is 5.79. The van der Waals surface area contributed by atoms with Crippen LogP contribution in [0.15, 0.2) is 6.07 Å². The lowest BCUT2D eigenvalue weighted by Gasteiger charge is -2.05. The molecule has 0 saturated heterocycles. The van der Waals surface area contributed by atoms with Crippen LogP contribution in [-0.2, 0) is 0 Å². The number of halogens is 3. The van der Waals surface area contributed by atoms with Gasteiger partial charge < -0.3 is 5.73 Å². The minimum atomic E-state index is -0.187. The molecule has 0 aliphatic rings. The van der Waals surface area contributed by atoms with Crippen LogP contribution in [-0.4, -0.2) is 0 Å². The van der Waals surface area contributed by atoms with Gasteiger partial charge in [-0.3, -0.25) is 0 Å². The van der Waals surface area contributed by atoms with Gasteiger partial charge in [0, 0.05) is 12.7 Å². The first-order valence-corrected chi connectivity index (χ1v) is 5.09.